The lowest BCUT2D eigenvalue weighted by atomic mass is 10.1. The normalized spacial score (nSPS) is 9.50. The Kier molecular flexibility index (Phi) is 5.07. The van der Waals surface area contributed by atoms with Crippen LogP contribution in [0.15, 0.2) is 24.3 Å². The van der Waals surface area contributed by atoms with E-state index in [0.29, 0.717) is 17.7 Å². The van der Waals surface area contributed by atoms with Gasteiger partial charge in [0.1, 0.15) is 6.07 Å². The quantitative estimate of drug-likeness (QED) is 0.769. The minimum Gasteiger partial charge on any atom is -0.325 e. The number of hydrogen-bond acceptors (Lipinski definition) is 2. The molecule has 0 bridgehead atoms. The van der Waals surface area contributed by atoms with Crippen LogP contribution >= 0.6 is 0 Å². The van der Waals surface area contributed by atoms with Crippen LogP contribution < -0.4 is 5.32 Å². The fourth-order valence-electron chi connectivity index (χ4n) is 1.44. The molecule has 3 heteroatoms. The highest BCUT2D eigenvalue weighted by molar-refractivity contribution is 5.92. The Hall–Kier alpha value is -1.82. The number of nitrogens with zero attached hydrogens (tertiary/aromatic N) is 1. The predicted octanol–water partition coefficient (Wildman–Crippen LogP) is 3.08. The summed E-state index contributed by atoms with van der Waals surface area (Å²) in [6.45, 7) is 2.10. The summed E-state index contributed by atoms with van der Waals surface area (Å²) in [6, 6.07) is 9.09. The molecule has 0 aliphatic heterocycles. The highest BCUT2D eigenvalue weighted by Crippen LogP contribution is 2.14. The molecule has 0 radical (unpaired) electrons. The Balaban J connectivity index is 2.53. The van der Waals surface area contributed by atoms with Crippen molar-refractivity contribution in [1.29, 1.82) is 5.26 Å². The number of benzene rings is 1. The molecule has 0 fully saturated rings. The van der Waals surface area contributed by atoms with Crippen molar-refractivity contribution < 1.29 is 4.79 Å². The maximum absolute atomic E-state index is 11.5. The second-order valence-electron chi connectivity index (χ2n) is 3.66. The molecule has 0 aromatic heterocycles. The smallest absolute Gasteiger partial charge is 0.224 e. The van der Waals surface area contributed by atoms with E-state index in [1.54, 1.807) is 18.2 Å². The Morgan fingerprint density at radius 2 is 2.12 bits per heavy atom. The molecule has 1 aromatic carbocycles. The first-order valence-corrected chi connectivity index (χ1v) is 5.57. The Labute approximate surface area is 96.1 Å². The van der Waals surface area contributed by atoms with E-state index >= 15 is 0 Å². The zero-order valence-corrected chi connectivity index (χ0v) is 9.49. The number of nitriles is 1. The molecule has 0 aliphatic rings. The van der Waals surface area contributed by atoms with Crippen LogP contribution in [0.25, 0.3) is 0 Å². The molecule has 0 atom stereocenters. The summed E-state index contributed by atoms with van der Waals surface area (Å²) in [5, 5.41) is 11.6. The van der Waals surface area contributed by atoms with E-state index in [9.17, 15) is 4.79 Å². The number of nitrogens with one attached hydrogen (secondary N) is 1. The molecule has 1 rings (SSSR count). The first kappa shape index (κ1) is 12.3. The van der Waals surface area contributed by atoms with Crippen LogP contribution in [0.3, 0.4) is 0 Å². The first-order valence-electron chi connectivity index (χ1n) is 5.57. The van der Waals surface area contributed by atoms with Crippen LogP contribution in [-0.2, 0) is 4.79 Å². The fourth-order valence-corrected chi connectivity index (χ4v) is 1.44. The molecule has 0 heterocycles. The molecular formula is C13H16N2O. The van der Waals surface area contributed by atoms with Gasteiger partial charge in [-0.2, -0.15) is 5.26 Å². The van der Waals surface area contributed by atoms with Gasteiger partial charge < -0.3 is 5.32 Å². The maximum atomic E-state index is 11.5. The third kappa shape index (κ3) is 3.74. The highest BCUT2D eigenvalue weighted by atomic mass is 16.1. The van der Waals surface area contributed by atoms with Gasteiger partial charge in [-0.1, -0.05) is 31.9 Å². The average Bonchev–Trinajstić information content (AvgIpc) is 2.30. The summed E-state index contributed by atoms with van der Waals surface area (Å²) in [6.07, 6.45) is 3.58. The molecule has 0 aliphatic carbocycles. The number of rotatable bonds is 5. The molecule has 0 unspecified atom stereocenters. The van der Waals surface area contributed by atoms with Crippen molar-refractivity contribution in [2.75, 3.05) is 5.32 Å². The minimum absolute atomic E-state index is 0.0175. The van der Waals surface area contributed by atoms with Gasteiger partial charge >= 0.3 is 0 Å². The van der Waals surface area contributed by atoms with Gasteiger partial charge in [0.15, 0.2) is 0 Å². The van der Waals surface area contributed by atoms with Gasteiger partial charge in [0, 0.05) is 6.42 Å². The molecule has 1 aromatic rings. The number of carbonyl (C=O) groups is 1. The second kappa shape index (κ2) is 6.62. The van der Waals surface area contributed by atoms with E-state index in [0.717, 1.165) is 19.3 Å². The molecule has 0 saturated heterocycles. The van der Waals surface area contributed by atoms with Crippen molar-refractivity contribution in [3.8, 4) is 6.07 Å². The van der Waals surface area contributed by atoms with E-state index in [1.165, 1.54) is 0 Å². The van der Waals surface area contributed by atoms with E-state index < -0.39 is 0 Å². The van der Waals surface area contributed by atoms with Gasteiger partial charge in [-0.25, -0.2) is 0 Å². The zero-order valence-electron chi connectivity index (χ0n) is 9.49. The highest BCUT2D eigenvalue weighted by Gasteiger charge is 2.05. The lowest BCUT2D eigenvalue weighted by Gasteiger charge is -2.06. The molecule has 1 N–H and O–H groups in total. The molecule has 3 nitrogen and oxygen atoms in total. The monoisotopic (exact) mass is 216 g/mol. The van der Waals surface area contributed by atoms with Gasteiger partial charge in [-0.15, -0.1) is 0 Å². The van der Waals surface area contributed by atoms with Crippen molar-refractivity contribution in [3.05, 3.63) is 29.8 Å². The van der Waals surface area contributed by atoms with E-state index in [4.69, 9.17) is 5.26 Å². The lowest BCUT2D eigenvalue weighted by molar-refractivity contribution is -0.116. The van der Waals surface area contributed by atoms with E-state index in [-0.39, 0.29) is 5.91 Å². The summed E-state index contributed by atoms with van der Waals surface area (Å²) in [5.74, 6) is -0.0175. The lowest BCUT2D eigenvalue weighted by Crippen LogP contribution is -2.11. The fraction of sp³-hybridized carbons (Fsp3) is 0.385. The topological polar surface area (TPSA) is 52.9 Å². The minimum atomic E-state index is -0.0175. The van der Waals surface area contributed by atoms with Gasteiger partial charge in [-0.3, -0.25) is 4.79 Å². The first-order chi connectivity index (χ1) is 7.77. The number of hydrogen-bond donors (Lipinski definition) is 1. The summed E-state index contributed by atoms with van der Waals surface area (Å²) < 4.78 is 0. The largest absolute Gasteiger partial charge is 0.325 e. The second-order valence-corrected chi connectivity index (χ2v) is 3.66. The predicted molar refractivity (Wildman–Crippen MR) is 63.9 cm³/mol. The van der Waals surface area contributed by atoms with Crippen LogP contribution in [0.2, 0.25) is 0 Å². The Morgan fingerprint density at radius 3 is 2.81 bits per heavy atom. The van der Waals surface area contributed by atoms with Crippen LogP contribution in [0.1, 0.15) is 38.2 Å². The SMILES string of the molecule is CCCCCC(=O)Nc1ccccc1C#N. The molecule has 16 heavy (non-hydrogen) atoms. The number of unbranched alkanes of at least 4 members (excludes halogenated alkanes) is 2. The number of anilines is 1. The van der Waals surface area contributed by atoms with Gasteiger partial charge in [0.05, 0.1) is 11.3 Å². The third-order valence-electron chi connectivity index (χ3n) is 2.33. The maximum Gasteiger partial charge on any atom is 0.224 e. The van der Waals surface area contributed by atoms with E-state index in [1.807, 2.05) is 6.07 Å². The molecule has 0 spiro atoms. The molecule has 0 saturated carbocycles. The third-order valence-corrected chi connectivity index (χ3v) is 2.33. The van der Waals surface area contributed by atoms with Crippen molar-refractivity contribution >= 4 is 11.6 Å². The van der Waals surface area contributed by atoms with Crippen molar-refractivity contribution in [2.45, 2.75) is 32.6 Å². The Bertz CT molecular complexity index is 393. The van der Waals surface area contributed by atoms with Crippen molar-refractivity contribution in [1.82, 2.24) is 0 Å². The number of para-hydroxylation sites is 1. The van der Waals surface area contributed by atoms with Crippen LogP contribution in [0.5, 0.6) is 0 Å². The summed E-state index contributed by atoms with van der Waals surface area (Å²) >= 11 is 0. The Morgan fingerprint density at radius 1 is 1.38 bits per heavy atom. The van der Waals surface area contributed by atoms with Crippen LogP contribution in [-0.4, -0.2) is 5.91 Å². The standard InChI is InChI=1S/C13H16N2O/c1-2-3-4-9-13(16)15-12-8-6-5-7-11(12)10-14/h5-8H,2-4,9H2,1H3,(H,15,16). The van der Waals surface area contributed by atoms with Gasteiger partial charge in [-0.05, 0) is 18.6 Å². The summed E-state index contributed by atoms with van der Waals surface area (Å²) in [5.41, 5.74) is 1.11. The molecule has 1 amide bonds. The average molecular weight is 216 g/mol. The van der Waals surface area contributed by atoms with Crippen molar-refractivity contribution in [2.24, 2.45) is 0 Å². The van der Waals surface area contributed by atoms with Crippen molar-refractivity contribution in [3.63, 3.8) is 0 Å². The zero-order chi connectivity index (χ0) is 11.8. The molecular weight excluding hydrogens is 200 g/mol. The summed E-state index contributed by atoms with van der Waals surface area (Å²) in [7, 11) is 0. The van der Waals surface area contributed by atoms with Crippen LogP contribution in [0, 0.1) is 11.3 Å². The van der Waals surface area contributed by atoms with Crippen LogP contribution in [0.4, 0.5) is 5.69 Å². The number of amides is 1. The number of carbonyl (C=O) groups excluding carboxylic acids is 1. The van der Waals surface area contributed by atoms with Gasteiger partial charge in [0.2, 0.25) is 5.91 Å². The van der Waals surface area contributed by atoms with E-state index in [2.05, 4.69) is 18.3 Å². The summed E-state index contributed by atoms with van der Waals surface area (Å²) in [4.78, 5) is 11.5. The molecule has 84 valence electrons. The van der Waals surface area contributed by atoms with Gasteiger partial charge in [0.25, 0.3) is 0 Å².